The highest BCUT2D eigenvalue weighted by Gasteiger charge is 2.29. The molecule has 4 N–H and O–H groups in total. The molecule has 1 saturated heterocycles. The number of nitrogens with two attached hydrogens (primary N) is 2. The molecule has 11 heteroatoms. The van der Waals surface area contributed by atoms with Crippen LogP contribution in [0.25, 0.3) is 0 Å². The quantitative estimate of drug-likeness (QED) is 0.612. The van der Waals surface area contributed by atoms with Crippen molar-refractivity contribution in [2.75, 3.05) is 31.9 Å². The molecule has 0 aromatic carbocycles. The van der Waals surface area contributed by atoms with Gasteiger partial charge in [-0.15, -0.1) is 0 Å². The number of aromatic nitrogens is 2. The summed E-state index contributed by atoms with van der Waals surface area (Å²) in [7, 11) is -3.71. The van der Waals surface area contributed by atoms with Crippen molar-refractivity contribution in [2.24, 2.45) is 5.14 Å². The van der Waals surface area contributed by atoms with E-state index in [0.29, 0.717) is 0 Å². The minimum Gasteiger partial charge on any atom is -0.379 e. The molecule has 2 heterocycles. The van der Waals surface area contributed by atoms with Crippen molar-refractivity contribution in [3.63, 3.8) is 0 Å². The van der Waals surface area contributed by atoms with Crippen molar-refractivity contribution >= 4 is 21.9 Å². The summed E-state index contributed by atoms with van der Waals surface area (Å²) >= 11 is 0. The molecule has 18 heavy (non-hydrogen) atoms. The second-order valence-electron chi connectivity index (χ2n) is 3.73. The van der Waals surface area contributed by atoms with E-state index < -0.39 is 16.1 Å². The van der Waals surface area contributed by atoms with Gasteiger partial charge in [0.15, 0.2) is 0 Å². The first kappa shape index (κ1) is 12.7. The van der Waals surface area contributed by atoms with Crippen LogP contribution in [-0.2, 0) is 10.2 Å². The Kier molecular flexibility index (Phi) is 3.19. The van der Waals surface area contributed by atoms with Gasteiger partial charge in [-0.05, 0) is 10.3 Å². The zero-order valence-corrected chi connectivity index (χ0v) is 10.1. The summed E-state index contributed by atoms with van der Waals surface area (Å²) < 4.78 is 27.6. The highest BCUT2D eigenvalue weighted by Crippen LogP contribution is 2.11. The van der Waals surface area contributed by atoms with Crippen LogP contribution in [0.1, 0.15) is 10.5 Å². The molecule has 0 atom stereocenters. The van der Waals surface area contributed by atoms with E-state index in [1.807, 2.05) is 0 Å². The standard InChI is InChI=1S/C7H12N6O4S/c8-6-5(10-17-11-6)7(14)12-1-3-13(4-2-12)18(9,15)16/h1-4H2,(H2,8,11)(H2,9,15,16). The van der Waals surface area contributed by atoms with Crippen molar-refractivity contribution < 1.29 is 17.8 Å². The van der Waals surface area contributed by atoms with E-state index in [2.05, 4.69) is 14.9 Å². The molecule has 0 bridgehead atoms. The van der Waals surface area contributed by atoms with Gasteiger partial charge in [-0.2, -0.15) is 12.7 Å². The third kappa shape index (κ3) is 2.42. The number of carbonyl (C=O) groups is 1. The molecule has 0 saturated carbocycles. The van der Waals surface area contributed by atoms with Crippen LogP contribution in [0.2, 0.25) is 0 Å². The Balaban J connectivity index is 2.03. The first-order chi connectivity index (χ1) is 8.39. The van der Waals surface area contributed by atoms with Gasteiger partial charge in [0.25, 0.3) is 16.1 Å². The molecule has 1 aliphatic rings. The van der Waals surface area contributed by atoms with Gasteiger partial charge in [0.2, 0.25) is 11.5 Å². The van der Waals surface area contributed by atoms with Crippen LogP contribution < -0.4 is 10.9 Å². The Morgan fingerprint density at radius 2 is 1.83 bits per heavy atom. The Labute approximate surface area is 103 Å². The molecular formula is C7H12N6O4S. The summed E-state index contributed by atoms with van der Waals surface area (Å²) in [5, 5.41) is 11.7. The van der Waals surface area contributed by atoms with Crippen LogP contribution in [-0.4, -0.2) is 60.0 Å². The molecule has 1 aromatic heterocycles. The molecule has 1 aromatic rings. The average Bonchev–Trinajstić information content (AvgIpc) is 2.73. The van der Waals surface area contributed by atoms with Gasteiger partial charge in [0, 0.05) is 26.2 Å². The van der Waals surface area contributed by atoms with Crippen molar-refractivity contribution in [3.8, 4) is 0 Å². The second-order valence-corrected chi connectivity index (χ2v) is 5.28. The Bertz CT molecular complexity index is 546. The fraction of sp³-hybridized carbons (Fsp3) is 0.571. The Morgan fingerprint density at radius 3 is 2.28 bits per heavy atom. The van der Waals surface area contributed by atoms with Crippen molar-refractivity contribution in [1.29, 1.82) is 0 Å². The minimum absolute atomic E-state index is 0.0703. The summed E-state index contributed by atoms with van der Waals surface area (Å²) in [6, 6.07) is 0. The predicted molar refractivity (Wildman–Crippen MR) is 59.3 cm³/mol. The van der Waals surface area contributed by atoms with E-state index in [0.717, 1.165) is 4.31 Å². The number of hydrogen-bond acceptors (Lipinski definition) is 7. The predicted octanol–water partition coefficient (Wildman–Crippen LogP) is -2.39. The molecule has 0 unspecified atom stereocenters. The lowest BCUT2D eigenvalue weighted by molar-refractivity contribution is 0.0687. The fourth-order valence-corrected chi connectivity index (χ4v) is 2.31. The number of carbonyl (C=O) groups excluding carboxylic acids is 1. The molecule has 0 spiro atoms. The smallest absolute Gasteiger partial charge is 0.280 e. The maximum atomic E-state index is 11.9. The molecular weight excluding hydrogens is 264 g/mol. The lowest BCUT2D eigenvalue weighted by atomic mass is 10.3. The van der Waals surface area contributed by atoms with E-state index in [1.54, 1.807) is 0 Å². The lowest BCUT2D eigenvalue weighted by Crippen LogP contribution is -2.52. The summed E-state index contributed by atoms with van der Waals surface area (Å²) in [5.74, 6) is -0.531. The maximum Gasteiger partial charge on any atom is 0.280 e. The Morgan fingerprint density at radius 1 is 1.22 bits per heavy atom. The molecule has 0 radical (unpaired) electrons. The average molecular weight is 276 g/mol. The molecule has 1 amide bonds. The van der Waals surface area contributed by atoms with E-state index in [9.17, 15) is 13.2 Å². The number of piperazine rings is 1. The largest absolute Gasteiger partial charge is 0.379 e. The fourth-order valence-electron chi connectivity index (χ4n) is 1.64. The molecule has 1 aliphatic heterocycles. The molecule has 100 valence electrons. The van der Waals surface area contributed by atoms with Crippen LogP contribution in [0.5, 0.6) is 0 Å². The number of amides is 1. The number of nitrogen functional groups attached to an aromatic ring is 1. The Hall–Kier alpha value is -1.72. The third-order valence-electron chi connectivity index (χ3n) is 2.60. The summed E-state index contributed by atoms with van der Waals surface area (Å²) in [6.07, 6.45) is 0. The van der Waals surface area contributed by atoms with Gasteiger partial charge < -0.3 is 10.6 Å². The maximum absolute atomic E-state index is 11.9. The van der Waals surface area contributed by atoms with Crippen LogP contribution >= 0.6 is 0 Å². The van der Waals surface area contributed by atoms with Crippen LogP contribution in [0.3, 0.4) is 0 Å². The third-order valence-corrected chi connectivity index (χ3v) is 3.69. The summed E-state index contributed by atoms with van der Waals surface area (Å²) in [4.78, 5) is 13.3. The van der Waals surface area contributed by atoms with Gasteiger partial charge in [-0.25, -0.2) is 9.77 Å². The molecule has 2 rings (SSSR count). The van der Waals surface area contributed by atoms with E-state index >= 15 is 0 Å². The first-order valence-corrected chi connectivity index (χ1v) is 6.55. The summed E-state index contributed by atoms with van der Waals surface area (Å²) in [6.45, 7) is 0.689. The SMILES string of the molecule is Nc1nonc1C(=O)N1CCN(S(N)(=O)=O)CC1. The van der Waals surface area contributed by atoms with E-state index in [1.165, 1.54) is 4.90 Å². The highest BCUT2D eigenvalue weighted by atomic mass is 32.2. The van der Waals surface area contributed by atoms with E-state index in [4.69, 9.17) is 10.9 Å². The van der Waals surface area contributed by atoms with Crippen molar-refractivity contribution in [2.45, 2.75) is 0 Å². The van der Waals surface area contributed by atoms with Crippen LogP contribution in [0.4, 0.5) is 5.82 Å². The zero-order chi connectivity index (χ0) is 13.3. The van der Waals surface area contributed by atoms with E-state index in [-0.39, 0.29) is 37.7 Å². The first-order valence-electron chi connectivity index (χ1n) is 5.05. The normalized spacial score (nSPS) is 17.9. The number of hydrogen-bond donors (Lipinski definition) is 2. The molecule has 1 fully saturated rings. The monoisotopic (exact) mass is 276 g/mol. The lowest BCUT2D eigenvalue weighted by Gasteiger charge is -2.32. The van der Waals surface area contributed by atoms with Gasteiger partial charge in [-0.3, -0.25) is 4.79 Å². The van der Waals surface area contributed by atoms with Gasteiger partial charge in [0.1, 0.15) is 0 Å². The summed E-state index contributed by atoms with van der Waals surface area (Å²) in [5.41, 5.74) is 5.33. The zero-order valence-electron chi connectivity index (χ0n) is 9.31. The highest BCUT2D eigenvalue weighted by molar-refractivity contribution is 7.86. The molecule has 0 aliphatic carbocycles. The van der Waals surface area contributed by atoms with Crippen molar-refractivity contribution in [1.82, 2.24) is 19.5 Å². The van der Waals surface area contributed by atoms with Gasteiger partial charge >= 0.3 is 0 Å². The number of rotatable bonds is 2. The topological polar surface area (TPSA) is 149 Å². The van der Waals surface area contributed by atoms with Crippen LogP contribution in [0.15, 0.2) is 4.63 Å². The molecule has 10 nitrogen and oxygen atoms in total. The number of nitrogens with zero attached hydrogens (tertiary/aromatic N) is 4. The van der Waals surface area contributed by atoms with Gasteiger partial charge in [-0.1, -0.05) is 0 Å². The second kappa shape index (κ2) is 4.51. The van der Waals surface area contributed by atoms with Gasteiger partial charge in [0.05, 0.1) is 0 Å². The van der Waals surface area contributed by atoms with Crippen molar-refractivity contribution in [3.05, 3.63) is 5.69 Å². The minimum atomic E-state index is -3.71. The van der Waals surface area contributed by atoms with Crippen LogP contribution in [0, 0.1) is 0 Å². The number of anilines is 1.